The summed E-state index contributed by atoms with van der Waals surface area (Å²) in [4.78, 5) is 7.18. The van der Waals surface area contributed by atoms with Crippen LogP contribution in [0.5, 0.6) is 0 Å². The number of hydrogen-bond acceptors (Lipinski definition) is 6. The third kappa shape index (κ3) is 6.09. The molecule has 7 heteroatoms. The summed E-state index contributed by atoms with van der Waals surface area (Å²) in [5, 5.41) is 0. The molecule has 2 aliphatic heterocycles. The predicted octanol–water partition coefficient (Wildman–Crippen LogP) is 1.56. The molecule has 2 fully saturated rings. The zero-order valence-electron chi connectivity index (χ0n) is 16.4. The van der Waals surface area contributed by atoms with Gasteiger partial charge in [0.1, 0.15) is 0 Å². The summed E-state index contributed by atoms with van der Waals surface area (Å²) in [7, 11) is -3.01. The molecule has 0 amide bonds. The zero-order valence-corrected chi connectivity index (χ0v) is 17.2. The number of benzene rings is 1. The van der Waals surface area contributed by atoms with E-state index in [0.29, 0.717) is 6.54 Å². The van der Waals surface area contributed by atoms with Crippen molar-refractivity contribution >= 4 is 21.2 Å². The summed E-state index contributed by atoms with van der Waals surface area (Å²) in [5.41, 5.74) is 7.99. The van der Waals surface area contributed by atoms with E-state index in [1.54, 1.807) is 0 Å². The number of hydrogen-bond donors (Lipinski definition) is 1. The Balaban J connectivity index is 1.51. The molecule has 0 radical (unpaired) electrons. The molecule has 0 aromatic heterocycles. The van der Waals surface area contributed by atoms with Gasteiger partial charge in [-0.15, -0.1) is 0 Å². The highest BCUT2D eigenvalue weighted by atomic mass is 32.2. The minimum atomic E-state index is -3.01. The molecule has 152 valence electrons. The van der Waals surface area contributed by atoms with Gasteiger partial charge in [0.2, 0.25) is 0 Å². The minimum Gasteiger partial charge on any atom is -0.372 e. The molecule has 6 nitrogen and oxygen atoms in total. The van der Waals surface area contributed by atoms with Gasteiger partial charge in [-0.25, -0.2) is 8.42 Å². The molecule has 27 heavy (non-hydrogen) atoms. The standard InChI is InChI=1S/C20H34N4O2S/c21-9-17-27(25,26)18-16-22-10-4-13-24(15-14-22)20-7-5-19(6-8-20)23-11-2-1-3-12-23/h5-8H,1-4,9-18,21H2. The van der Waals surface area contributed by atoms with E-state index in [2.05, 4.69) is 39.0 Å². The fraction of sp³-hybridized carbons (Fsp3) is 0.700. The fourth-order valence-corrected chi connectivity index (χ4v) is 5.13. The third-order valence-electron chi connectivity index (χ3n) is 5.67. The smallest absolute Gasteiger partial charge is 0.152 e. The van der Waals surface area contributed by atoms with Crippen molar-refractivity contribution in [2.24, 2.45) is 5.73 Å². The Hall–Kier alpha value is -1.31. The van der Waals surface area contributed by atoms with Gasteiger partial charge in [-0.05, 0) is 56.5 Å². The second kappa shape index (κ2) is 9.75. The first-order chi connectivity index (χ1) is 13.1. The maximum Gasteiger partial charge on any atom is 0.152 e. The average Bonchev–Trinajstić information content (AvgIpc) is 2.93. The highest BCUT2D eigenvalue weighted by Crippen LogP contribution is 2.24. The SMILES string of the molecule is NCCS(=O)(=O)CCN1CCCN(c2ccc(N3CCCCC3)cc2)CC1. The topological polar surface area (TPSA) is 69.9 Å². The van der Waals surface area contributed by atoms with Crippen LogP contribution in [0.1, 0.15) is 25.7 Å². The lowest BCUT2D eigenvalue weighted by Gasteiger charge is -2.30. The van der Waals surface area contributed by atoms with Crippen molar-refractivity contribution < 1.29 is 8.42 Å². The Bertz CT molecular complexity index is 672. The van der Waals surface area contributed by atoms with Crippen LogP contribution in [0, 0.1) is 0 Å². The van der Waals surface area contributed by atoms with E-state index in [9.17, 15) is 8.42 Å². The van der Waals surface area contributed by atoms with Crippen LogP contribution in [0.2, 0.25) is 0 Å². The van der Waals surface area contributed by atoms with Crippen LogP contribution < -0.4 is 15.5 Å². The summed E-state index contributed by atoms with van der Waals surface area (Å²) in [6.45, 7) is 7.01. The molecule has 0 unspecified atom stereocenters. The average molecular weight is 395 g/mol. The lowest BCUT2D eigenvalue weighted by molar-refractivity contribution is 0.310. The van der Waals surface area contributed by atoms with Gasteiger partial charge in [-0.1, -0.05) is 0 Å². The molecule has 0 bridgehead atoms. The zero-order chi connectivity index (χ0) is 19.1. The molecule has 0 saturated carbocycles. The van der Waals surface area contributed by atoms with Crippen LogP contribution in [-0.2, 0) is 9.84 Å². The number of nitrogens with two attached hydrogens (primary N) is 1. The molecule has 2 N–H and O–H groups in total. The van der Waals surface area contributed by atoms with E-state index in [4.69, 9.17) is 5.73 Å². The van der Waals surface area contributed by atoms with Crippen LogP contribution in [0.25, 0.3) is 0 Å². The molecule has 0 atom stereocenters. The Morgan fingerprint density at radius 3 is 1.96 bits per heavy atom. The number of rotatable bonds is 7. The van der Waals surface area contributed by atoms with Crippen LogP contribution in [0.15, 0.2) is 24.3 Å². The Kier molecular flexibility index (Phi) is 7.38. The van der Waals surface area contributed by atoms with Crippen LogP contribution in [0.3, 0.4) is 0 Å². The predicted molar refractivity (Wildman–Crippen MR) is 113 cm³/mol. The van der Waals surface area contributed by atoms with Crippen molar-refractivity contribution in [1.29, 1.82) is 0 Å². The van der Waals surface area contributed by atoms with Gasteiger partial charge in [0.15, 0.2) is 9.84 Å². The van der Waals surface area contributed by atoms with E-state index in [-0.39, 0.29) is 18.1 Å². The van der Waals surface area contributed by atoms with E-state index >= 15 is 0 Å². The molecule has 1 aromatic carbocycles. The third-order valence-corrected chi connectivity index (χ3v) is 7.33. The van der Waals surface area contributed by atoms with Gasteiger partial charge in [-0.2, -0.15) is 0 Å². The maximum atomic E-state index is 11.9. The minimum absolute atomic E-state index is 0.0936. The molecule has 3 rings (SSSR count). The van der Waals surface area contributed by atoms with Crippen LogP contribution in [0.4, 0.5) is 11.4 Å². The van der Waals surface area contributed by atoms with Crippen molar-refractivity contribution in [3.63, 3.8) is 0 Å². The van der Waals surface area contributed by atoms with E-state index in [1.165, 1.54) is 43.7 Å². The highest BCUT2D eigenvalue weighted by molar-refractivity contribution is 7.91. The first-order valence-corrected chi connectivity index (χ1v) is 12.1. The van der Waals surface area contributed by atoms with Crippen molar-refractivity contribution in [1.82, 2.24) is 4.90 Å². The van der Waals surface area contributed by atoms with Crippen molar-refractivity contribution in [2.75, 3.05) is 73.7 Å². The lowest BCUT2D eigenvalue weighted by atomic mass is 10.1. The first kappa shape index (κ1) is 20.4. The molecular weight excluding hydrogens is 360 g/mol. The molecule has 2 heterocycles. The molecule has 1 aromatic rings. The summed E-state index contributed by atoms with van der Waals surface area (Å²) < 4.78 is 23.8. The van der Waals surface area contributed by atoms with Gasteiger partial charge in [0.05, 0.1) is 11.5 Å². The fourth-order valence-electron chi connectivity index (χ4n) is 4.03. The van der Waals surface area contributed by atoms with Gasteiger partial charge in [0.25, 0.3) is 0 Å². The van der Waals surface area contributed by atoms with Crippen molar-refractivity contribution in [3.05, 3.63) is 24.3 Å². The number of sulfone groups is 1. The highest BCUT2D eigenvalue weighted by Gasteiger charge is 2.18. The normalized spacial score (nSPS) is 19.9. The molecular formula is C20H34N4O2S. The van der Waals surface area contributed by atoms with E-state index < -0.39 is 9.84 Å². The van der Waals surface area contributed by atoms with Crippen molar-refractivity contribution in [2.45, 2.75) is 25.7 Å². The Morgan fingerprint density at radius 1 is 0.741 bits per heavy atom. The van der Waals surface area contributed by atoms with Gasteiger partial charge >= 0.3 is 0 Å². The second-order valence-electron chi connectivity index (χ2n) is 7.69. The maximum absolute atomic E-state index is 11.9. The molecule has 0 spiro atoms. The monoisotopic (exact) mass is 394 g/mol. The molecule has 0 aliphatic carbocycles. The van der Waals surface area contributed by atoms with E-state index in [1.807, 2.05) is 0 Å². The molecule has 2 saturated heterocycles. The summed E-state index contributed by atoms with van der Waals surface area (Å²) in [6, 6.07) is 8.99. The number of anilines is 2. The molecule has 2 aliphatic rings. The number of piperidine rings is 1. The van der Waals surface area contributed by atoms with Crippen molar-refractivity contribution in [3.8, 4) is 0 Å². The Labute approximate surface area is 164 Å². The number of nitrogens with zero attached hydrogens (tertiary/aromatic N) is 3. The quantitative estimate of drug-likeness (QED) is 0.757. The van der Waals surface area contributed by atoms with Gasteiger partial charge in [-0.3, -0.25) is 0 Å². The summed E-state index contributed by atoms with van der Waals surface area (Å²) >= 11 is 0. The summed E-state index contributed by atoms with van der Waals surface area (Å²) in [6.07, 6.45) is 5.01. The van der Waals surface area contributed by atoms with Gasteiger partial charge < -0.3 is 20.4 Å². The van der Waals surface area contributed by atoms with E-state index in [0.717, 1.165) is 32.6 Å². The Morgan fingerprint density at radius 2 is 1.33 bits per heavy atom. The second-order valence-corrected chi connectivity index (χ2v) is 9.99. The van der Waals surface area contributed by atoms with Crippen LogP contribution >= 0.6 is 0 Å². The van der Waals surface area contributed by atoms with Crippen LogP contribution in [-0.4, -0.2) is 77.2 Å². The van der Waals surface area contributed by atoms with Gasteiger partial charge in [0, 0.05) is 57.2 Å². The first-order valence-electron chi connectivity index (χ1n) is 10.3. The largest absolute Gasteiger partial charge is 0.372 e. The summed E-state index contributed by atoms with van der Waals surface area (Å²) in [5.74, 6) is 0.311. The lowest BCUT2D eigenvalue weighted by Crippen LogP contribution is -2.34.